The van der Waals surface area contributed by atoms with Gasteiger partial charge in [-0.25, -0.2) is 9.78 Å². The van der Waals surface area contributed by atoms with Crippen LogP contribution >= 0.6 is 11.3 Å². The molecule has 3 aromatic rings. The van der Waals surface area contributed by atoms with Crippen molar-refractivity contribution in [3.63, 3.8) is 0 Å². The van der Waals surface area contributed by atoms with Crippen molar-refractivity contribution in [3.05, 3.63) is 52.5 Å². The Morgan fingerprint density at radius 2 is 2.08 bits per heavy atom. The molecule has 1 aromatic heterocycles. The smallest absolute Gasteiger partial charge is 0.347 e. The average molecular weight is 342 g/mol. The molecule has 5 nitrogen and oxygen atoms in total. The summed E-state index contributed by atoms with van der Waals surface area (Å²) < 4.78 is 5.75. The number of anilines is 1. The fourth-order valence-corrected chi connectivity index (χ4v) is 3.42. The molecule has 124 valence electrons. The molecule has 0 fully saturated rings. The molecule has 6 heteroatoms. The van der Waals surface area contributed by atoms with Gasteiger partial charge in [0.2, 0.25) is 0 Å². The maximum absolute atomic E-state index is 11.1. The van der Waals surface area contributed by atoms with E-state index in [1.54, 1.807) is 6.92 Å². The topological polar surface area (TPSA) is 71.5 Å². The molecule has 24 heavy (non-hydrogen) atoms. The number of hydrogen-bond acceptors (Lipinski definition) is 5. The highest BCUT2D eigenvalue weighted by molar-refractivity contribution is 7.17. The lowest BCUT2D eigenvalue weighted by Crippen LogP contribution is -2.04. The SMILES string of the molecule is CCOc1ccc2ccccc2c1CNc1nc(C)c(C(=O)O)s1. The number of nitrogens with zero attached hydrogens (tertiary/aromatic N) is 1. The van der Waals surface area contributed by atoms with Crippen LogP contribution < -0.4 is 10.1 Å². The van der Waals surface area contributed by atoms with E-state index in [4.69, 9.17) is 9.84 Å². The number of aromatic nitrogens is 1. The van der Waals surface area contributed by atoms with Crippen LogP contribution in [0.4, 0.5) is 5.13 Å². The van der Waals surface area contributed by atoms with Gasteiger partial charge in [0.25, 0.3) is 0 Å². The fraction of sp³-hybridized carbons (Fsp3) is 0.222. The minimum atomic E-state index is -0.946. The molecule has 0 aliphatic carbocycles. The van der Waals surface area contributed by atoms with Gasteiger partial charge in [-0.05, 0) is 30.7 Å². The lowest BCUT2D eigenvalue weighted by molar-refractivity contribution is 0.0701. The Morgan fingerprint density at radius 1 is 1.29 bits per heavy atom. The quantitative estimate of drug-likeness (QED) is 0.698. The minimum Gasteiger partial charge on any atom is -0.494 e. The zero-order valence-electron chi connectivity index (χ0n) is 13.5. The van der Waals surface area contributed by atoms with E-state index in [1.165, 1.54) is 0 Å². The second-order valence-corrected chi connectivity index (χ2v) is 6.29. The summed E-state index contributed by atoms with van der Waals surface area (Å²) in [5, 5.41) is 15.2. The number of aromatic carboxylic acids is 1. The van der Waals surface area contributed by atoms with Gasteiger partial charge in [0, 0.05) is 12.1 Å². The molecule has 0 radical (unpaired) electrons. The number of ether oxygens (including phenoxy) is 1. The molecule has 0 saturated heterocycles. The van der Waals surface area contributed by atoms with E-state index in [9.17, 15) is 4.79 Å². The van der Waals surface area contributed by atoms with Gasteiger partial charge in [0.05, 0.1) is 12.3 Å². The van der Waals surface area contributed by atoms with Crippen LogP contribution in [0.3, 0.4) is 0 Å². The zero-order valence-corrected chi connectivity index (χ0v) is 14.3. The van der Waals surface area contributed by atoms with Crippen LogP contribution in [-0.4, -0.2) is 22.7 Å². The van der Waals surface area contributed by atoms with Crippen molar-refractivity contribution >= 4 is 33.2 Å². The van der Waals surface area contributed by atoms with Crippen molar-refractivity contribution in [1.29, 1.82) is 0 Å². The van der Waals surface area contributed by atoms with Crippen molar-refractivity contribution in [1.82, 2.24) is 4.98 Å². The number of fused-ring (bicyclic) bond motifs is 1. The monoisotopic (exact) mass is 342 g/mol. The van der Waals surface area contributed by atoms with Crippen LogP contribution in [-0.2, 0) is 6.54 Å². The number of hydrogen-bond donors (Lipinski definition) is 2. The highest BCUT2D eigenvalue weighted by atomic mass is 32.1. The van der Waals surface area contributed by atoms with Crippen LogP contribution in [0.5, 0.6) is 5.75 Å². The van der Waals surface area contributed by atoms with E-state index >= 15 is 0 Å². The van der Waals surface area contributed by atoms with E-state index < -0.39 is 5.97 Å². The van der Waals surface area contributed by atoms with Crippen molar-refractivity contribution in [2.24, 2.45) is 0 Å². The number of carbonyl (C=O) groups is 1. The standard InChI is InChI=1S/C18H18N2O3S/c1-3-23-15-9-8-12-6-4-5-7-13(12)14(15)10-19-18-20-11(2)16(24-18)17(21)22/h4-9H,3,10H2,1-2H3,(H,19,20)(H,21,22). The summed E-state index contributed by atoms with van der Waals surface area (Å²) in [5.74, 6) is -0.117. The van der Waals surface area contributed by atoms with Crippen molar-refractivity contribution in [2.45, 2.75) is 20.4 Å². The first-order chi connectivity index (χ1) is 11.6. The largest absolute Gasteiger partial charge is 0.494 e. The molecule has 0 amide bonds. The zero-order chi connectivity index (χ0) is 17.1. The summed E-state index contributed by atoms with van der Waals surface area (Å²) in [6.45, 7) is 4.76. The number of carboxylic acids is 1. The van der Waals surface area contributed by atoms with Crippen LogP contribution in [0.25, 0.3) is 10.8 Å². The third-order valence-electron chi connectivity index (χ3n) is 3.70. The molecular weight excluding hydrogens is 324 g/mol. The fourth-order valence-electron chi connectivity index (χ4n) is 2.62. The second-order valence-electron chi connectivity index (χ2n) is 5.29. The van der Waals surface area contributed by atoms with Crippen molar-refractivity contribution < 1.29 is 14.6 Å². The van der Waals surface area contributed by atoms with Gasteiger partial charge in [-0.1, -0.05) is 41.7 Å². The second kappa shape index (κ2) is 6.88. The van der Waals surface area contributed by atoms with Crippen molar-refractivity contribution in [2.75, 3.05) is 11.9 Å². The molecule has 0 aliphatic rings. The number of nitrogens with one attached hydrogen (secondary N) is 1. The highest BCUT2D eigenvalue weighted by Crippen LogP contribution is 2.30. The summed E-state index contributed by atoms with van der Waals surface area (Å²) >= 11 is 1.15. The molecule has 0 unspecified atom stereocenters. The van der Waals surface area contributed by atoms with Gasteiger partial charge < -0.3 is 15.2 Å². The van der Waals surface area contributed by atoms with Crippen LogP contribution in [0.2, 0.25) is 0 Å². The van der Waals surface area contributed by atoms with Gasteiger partial charge in [-0.3, -0.25) is 0 Å². The number of thiazole rings is 1. The van der Waals surface area contributed by atoms with E-state index in [2.05, 4.69) is 22.4 Å². The van der Waals surface area contributed by atoms with Crippen LogP contribution in [0.1, 0.15) is 27.9 Å². The molecule has 2 N–H and O–H groups in total. The number of aryl methyl sites for hydroxylation is 1. The maximum atomic E-state index is 11.1. The molecule has 3 rings (SSSR count). The molecule has 0 spiro atoms. The Bertz CT molecular complexity index is 889. The number of rotatable bonds is 6. The van der Waals surface area contributed by atoms with Crippen LogP contribution in [0, 0.1) is 6.92 Å². The Labute approximate surface area is 143 Å². The summed E-state index contributed by atoms with van der Waals surface area (Å²) in [7, 11) is 0. The van der Waals surface area contributed by atoms with Gasteiger partial charge in [-0.2, -0.15) is 0 Å². The summed E-state index contributed by atoms with van der Waals surface area (Å²) in [6.07, 6.45) is 0. The summed E-state index contributed by atoms with van der Waals surface area (Å²) in [4.78, 5) is 15.7. The van der Waals surface area contributed by atoms with Gasteiger partial charge >= 0.3 is 5.97 Å². The van der Waals surface area contributed by atoms with Gasteiger partial charge in [0.1, 0.15) is 10.6 Å². The third kappa shape index (κ3) is 3.19. The van der Waals surface area contributed by atoms with Crippen molar-refractivity contribution in [3.8, 4) is 5.75 Å². The Kier molecular flexibility index (Phi) is 4.66. The van der Waals surface area contributed by atoms with Crippen LogP contribution in [0.15, 0.2) is 36.4 Å². The molecule has 0 aliphatic heterocycles. The molecular formula is C18H18N2O3S. The van der Waals surface area contributed by atoms with Gasteiger partial charge in [-0.15, -0.1) is 0 Å². The number of benzene rings is 2. The first-order valence-corrected chi connectivity index (χ1v) is 8.49. The molecule has 2 aromatic carbocycles. The normalized spacial score (nSPS) is 10.8. The van der Waals surface area contributed by atoms with Gasteiger partial charge in [0.15, 0.2) is 5.13 Å². The Morgan fingerprint density at radius 3 is 2.79 bits per heavy atom. The lowest BCUT2D eigenvalue weighted by atomic mass is 10.0. The summed E-state index contributed by atoms with van der Waals surface area (Å²) in [5.41, 5.74) is 1.57. The van der Waals surface area contributed by atoms with E-state index in [1.807, 2.05) is 31.2 Å². The predicted octanol–water partition coefficient (Wildman–Crippen LogP) is 4.31. The Balaban J connectivity index is 1.92. The molecule has 1 heterocycles. The first kappa shape index (κ1) is 16.3. The maximum Gasteiger partial charge on any atom is 0.347 e. The third-order valence-corrected chi connectivity index (χ3v) is 4.81. The summed E-state index contributed by atoms with van der Waals surface area (Å²) in [6, 6.07) is 12.1. The lowest BCUT2D eigenvalue weighted by Gasteiger charge is -2.13. The molecule has 0 bridgehead atoms. The van der Waals surface area contributed by atoms with E-state index in [-0.39, 0.29) is 4.88 Å². The minimum absolute atomic E-state index is 0.264. The molecule has 0 saturated carbocycles. The average Bonchev–Trinajstić information content (AvgIpc) is 2.95. The predicted molar refractivity (Wildman–Crippen MR) is 96.3 cm³/mol. The van der Waals surface area contributed by atoms with E-state index in [0.29, 0.717) is 24.0 Å². The highest BCUT2D eigenvalue weighted by Gasteiger charge is 2.15. The number of carboxylic acid groups (broad SMARTS) is 1. The van der Waals surface area contributed by atoms with E-state index in [0.717, 1.165) is 33.4 Å². The first-order valence-electron chi connectivity index (χ1n) is 7.68. The molecule has 0 atom stereocenters. The Hall–Kier alpha value is -2.60.